The van der Waals surface area contributed by atoms with Crippen LogP contribution in [-0.2, 0) is 11.8 Å². The zero-order chi connectivity index (χ0) is 22.8. The summed E-state index contributed by atoms with van der Waals surface area (Å²) in [5.41, 5.74) is 11.4. The molecule has 1 fully saturated rings. The highest BCUT2D eigenvalue weighted by Crippen LogP contribution is 2.46. The molecule has 2 aliphatic carbocycles. The molecule has 0 radical (unpaired) electrons. The molecule has 1 aromatic carbocycles. The summed E-state index contributed by atoms with van der Waals surface area (Å²) in [7, 11) is 0. The Labute approximate surface area is 192 Å². The van der Waals surface area contributed by atoms with Crippen molar-refractivity contribution in [2.45, 2.75) is 50.0 Å². The third kappa shape index (κ3) is 3.25. The Hall–Kier alpha value is -3.51. The van der Waals surface area contributed by atoms with Gasteiger partial charge in [0.2, 0.25) is 0 Å². The lowest BCUT2D eigenvalue weighted by Gasteiger charge is -2.40. The minimum atomic E-state index is -0.624. The largest absolute Gasteiger partial charge is 0.390 e. The molecule has 6 heteroatoms. The number of allylic oxidation sites excluding steroid dienone is 1. The van der Waals surface area contributed by atoms with Gasteiger partial charge in [0.25, 0.3) is 0 Å². The van der Waals surface area contributed by atoms with Crippen molar-refractivity contribution in [1.29, 1.82) is 0 Å². The number of pyridine rings is 1. The smallest absolute Gasteiger partial charge is 0.149 e. The highest BCUT2D eigenvalue weighted by atomic mass is 16.3. The van der Waals surface area contributed by atoms with E-state index in [1.807, 2.05) is 31.3 Å². The average molecular weight is 438 g/mol. The maximum Gasteiger partial charge on any atom is 0.149 e. The Bertz CT molecular complexity index is 1400. The van der Waals surface area contributed by atoms with E-state index >= 15 is 0 Å². The topological polar surface area (TPSA) is 89.3 Å². The molecule has 1 saturated carbocycles. The van der Waals surface area contributed by atoms with E-state index in [1.165, 1.54) is 0 Å². The number of nitrogens with zero attached hydrogens (tertiary/aromatic N) is 4. The molecular weight excluding hydrogens is 410 g/mol. The van der Waals surface area contributed by atoms with Gasteiger partial charge >= 0.3 is 0 Å². The summed E-state index contributed by atoms with van der Waals surface area (Å²) < 4.78 is 2.07. The van der Waals surface area contributed by atoms with Crippen molar-refractivity contribution in [3.63, 3.8) is 0 Å². The summed E-state index contributed by atoms with van der Waals surface area (Å²) >= 11 is 0. The predicted molar refractivity (Wildman–Crippen MR) is 130 cm³/mol. The van der Waals surface area contributed by atoms with Gasteiger partial charge in [-0.05, 0) is 31.4 Å². The third-order valence-corrected chi connectivity index (χ3v) is 7.13. The highest BCUT2D eigenvalue weighted by Gasteiger charge is 2.43. The molecule has 0 amide bonds. The number of imidazole rings is 1. The van der Waals surface area contributed by atoms with Crippen molar-refractivity contribution < 1.29 is 5.11 Å². The molecule has 3 heterocycles. The van der Waals surface area contributed by atoms with Gasteiger partial charge in [-0.25, -0.2) is 9.97 Å². The molecule has 1 atom stereocenters. The van der Waals surface area contributed by atoms with Crippen molar-refractivity contribution >= 4 is 17.4 Å². The molecule has 6 nitrogen and oxygen atoms in total. The second-order valence-corrected chi connectivity index (χ2v) is 9.98. The summed E-state index contributed by atoms with van der Waals surface area (Å²) in [5, 5.41) is 10.3. The number of benzene rings is 1. The quantitative estimate of drug-likeness (QED) is 0.492. The minimum absolute atomic E-state index is 0.203. The van der Waals surface area contributed by atoms with Crippen LogP contribution in [0.5, 0.6) is 0 Å². The number of nitrogen functional groups attached to an aromatic ring is 1. The number of aromatic nitrogens is 4. The van der Waals surface area contributed by atoms with E-state index in [2.05, 4.69) is 52.7 Å². The predicted octanol–water partition coefficient (Wildman–Crippen LogP) is 4.53. The molecule has 4 aromatic rings. The first-order valence-electron chi connectivity index (χ1n) is 11.4. The zero-order valence-electron chi connectivity index (χ0n) is 18.9. The summed E-state index contributed by atoms with van der Waals surface area (Å²) in [5.74, 6) is 1.63. The first-order valence-corrected chi connectivity index (χ1v) is 11.4. The Balaban J connectivity index is 1.44. The van der Waals surface area contributed by atoms with Crippen molar-refractivity contribution in [3.05, 3.63) is 83.7 Å². The second kappa shape index (κ2) is 6.99. The molecule has 0 aliphatic heterocycles. The molecule has 0 spiro atoms. The lowest BCUT2D eigenvalue weighted by atomic mass is 9.72. The van der Waals surface area contributed by atoms with Crippen LogP contribution in [-0.4, -0.2) is 30.1 Å². The Morgan fingerprint density at radius 1 is 1.06 bits per heavy atom. The van der Waals surface area contributed by atoms with E-state index in [0.29, 0.717) is 18.7 Å². The van der Waals surface area contributed by atoms with Gasteiger partial charge in [-0.3, -0.25) is 9.38 Å². The molecule has 33 heavy (non-hydrogen) atoms. The normalized spacial score (nSPS) is 26.2. The van der Waals surface area contributed by atoms with E-state index < -0.39 is 5.60 Å². The molecule has 166 valence electrons. The van der Waals surface area contributed by atoms with Gasteiger partial charge in [0, 0.05) is 41.4 Å². The maximum absolute atomic E-state index is 10.3. The monoisotopic (exact) mass is 437 g/mol. The van der Waals surface area contributed by atoms with Crippen LogP contribution in [0, 0.1) is 0 Å². The number of anilines is 1. The van der Waals surface area contributed by atoms with Gasteiger partial charge in [-0.15, -0.1) is 0 Å². The first-order chi connectivity index (χ1) is 15.8. The van der Waals surface area contributed by atoms with Gasteiger partial charge < -0.3 is 10.8 Å². The molecule has 3 N–H and O–H groups in total. The lowest BCUT2D eigenvalue weighted by molar-refractivity contribution is -0.0335. The number of fused-ring (bicyclic) bond motifs is 2. The van der Waals surface area contributed by atoms with E-state index in [9.17, 15) is 5.11 Å². The molecule has 1 unspecified atom stereocenters. The zero-order valence-corrected chi connectivity index (χ0v) is 18.9. The molecule has 0 bridgehead atoms. The van der Waals surface area contributed by atoms with Crippen LogP contribution in [0.1, 0.15) is 55.4 Å². The van der Waals surface area contributed by atoms with Crippen molar-refractivity contribution in [3.8, 4) is 11.3 Å². The van der Waals surface area contributed by atoms with E-state index in [1.54, 1.807) is 6.20 Å². The fourth-order valence-electron chi connectivity index (χ4n) is 5.38. The van der Waals surface area contributed by atoms with Crippen LogP contribution >= 0.6 is 0 Å². The van der Waals surface area contributed by atoms with Gasteiger partial charge in [-0.2, -0.15) is 0 Å². The van der Waals surface area contributed by atoms with Crippen LogP contribution in [0.3, 0.4) is 0 Å². The molecule has 6 rings (SSSR count). The molecule has 2 aliphatic rings. The van der Waals surface area contributed by atoms with Crippen LogP contribution in [0.4, 0.5) is 5.82 Å². The van der Waals surface area contributed by atoms with Crippen LogP contribution in [0.2, 0.25) is 0 Å². The number of hydrogen-bond donors (Lipinski definition) is 2. The summed E-state index contributed by atoms with van der Waals surface area (Å²) in [6.07, 6.45) is 10.1. The highest BCUT2D eigenvalue weighted by molar-refractivity contribution is 5.74. The fraction of sp³-hybridized carbons (Fsp3) is 0.296. The first kappa shape index (κ1) is 20.1. The van der Waals surface area contributed by atoms with Crippen molar-refractivity contribution in [2.75, 3.05) is 5.73 Å². The summed E-state index contributed by atoms with van der Waals surface area (Å²) in [6.45, 7) is 4.08. The van der Waals surface area contributed by atoms with E-state index in [4.69, 9.17) is 15.7 Å². The molecular formula is C27H27N5O. The van der Waals surface area contributed by atoms with Crippen LogP contribution in [0.15, 0.2) is 60.9 Å². The van der Waals surface area contributed by atoms with Gasteiger partial charge in [0.05, 0.1) is 17.0 Å². The fourth-order valence-corrected chi connectivity index (χ4v) is 5.38. The van der Waals surface area contributed by atoms with E-state index in [0.717, 1.165) is 46.0 Å². The van der Waals surface area contributed by atoms with Gasteiger partial charge in [0.15, 0.2) is 0 Å². The van der Waals surface area contributed by atoms with Crippen LogP contribution < -0.4 is 5.73 Å². The number of aliphatic hydroxyl groups is 1. The Morgan fingerprint density at radius 2 is 1.85 bits per heavy atom. The van der Waals surface area contributed by atoms with Crippen molar-refractivity contribution in [1.82, 2.24) is 19.4 Å². The third-order valence-electron chi connectivity index (χ3n) is 7.13. The summed E-state index contributed by atoms with van der Waals surface area (Å²) in [4.78, 5) is 14.5. The molecule has 3 aromatic heterocycles. The van der Waals surface area contributed by atoms with E-state index in [-0.39, 0.29) is 11.3 Å². The lowest BCUT2D eigenvalue weighted by Crippen LogP contribution is -2.40. The SMILES string of the molecule is CC1(c2nc([C@H]3C[C@](C)(O)C3)n3ccnc(N)c23)C=Cc2ccc(-c3ccccc3)nc2C1. The number of rotatable bonds is 3. The maximum atomic E-state index is 10.3. The minimum Gasteiger partial charge on any atom is -0.390 e. The second-order valence-electron chi connectivity index (χ2n) is 9.98. The Morgan fingerprint density at radius 3 is 2.61 bits per heavy atom. The van der Waals surface area contributed by atoms with Crippen LogP contribution in [0.25, 0.3) is 22.9 Å². The number of hydrogen-bond acceptors (Lipinski definition) is 5. The Kier molecular flexibility index (Phi) is 4.26. The van der Waals surface area contributed by atoms with Gasteiger partial charge in [0.1, 0.15) is 17.2 Å². The van der Waals surface area contributed by atoms with Crippen molar-refractivity contribution in [2.24, 2.45) is 0 Å². The molecule has 0 saturated heterocycles. The summed E-state index contributed by atoms with van der Waals surface area (Å²) in [6, 6.07) is 14.5. The number of nitrogens with two attached hydrogens (primary N) is 1. The standard InChI is InChI=1S/C27H27N5O/c1-26(11-10-18-8-9-20(30-21(18)16-26)17-6-4-3-5-7-17)23-22-24(28)29-12-13-32(22)25(31-23)19-14-27(2,33)15-19/h3-13,19,33H,14-16H2,1-2H3,(H2,28,29)/t19-,26?,27-. The average Bonchev–Trinajstić information content (AvgIpc) is 3.19. The van der Waals surface area contributed by atoms with Gasteiger partial charge in [-0.1, -0.05) is 55.5 Å².